The first kappa shape index (κ1) is 9.85. The van der Waals surface area contributed by atoms with Crippen LogP contribution in [0.1, 0.15) is 0 Å². The second-order valence-electron chi connectivity index (χ2n) is 2.95. The Kier molecular flexibility index (Phi) is 2.28. The number of rotatable bonds is 2. The molecule has 15 heavy (non-hydrogen) atoms. The average molecular weight is 224 g/mol. The second-order valence-corrected chi connectivity index (χ2v) is 4.81. The number of sulfonamides is 1. The third kappa shape index (κ3) is 1.52. The van der Waals surface area contributed by atoms with Crippen LogP contribution < -0.4 is 0 Å². The van der Waals surface area contributed by atoms with Crippen molar-refractivity contribution in [2.24, 2.45) is 4.99 Å². The summed E-state index contributed by atoms with van der Waals surface area (Å²) < 4.78 is 24.7. The highest BCUT2D eigenvalue weighted by molar-refractivity contribution is 7.89. The molecule has 0 amide bonds. The van der Waals surface area contributed by atoms with E-state index < -0.39 is 10.0 Å². The van der Waals surface area contributed by atoms with Crippen LogP contribution in [0.4, 0.5) is 5.69 Å². The molecule has 0 saturated carbocycles. The number of hydrogen-bond acceptors (Lipinski definition) is 4. The largest absolute Gasteiger partial charge is 0.301 e. The normalized spacial score (nSPS) is 17.2. The topological polar surface area (TPSA) is 66.8 Å². The van der Waals surface area contributed by atoms with E-state index in [9.17, 15) is 13.2 Å². The number of benzene rings is 1. The molecule has 0 fully saturated rings. The molecule has 1 heterocycles. The smallest absolute Gasteiger partial charge is 0.267 e. The molecule has 0 spiro atoms. The van der Waals surface area contributed by atoms with Crippen LogP contribution >= 0.6 is 0 Å². The minimum absolute atomic E-state index is 0.134. The van der Waals surface area contributed by atoms with E-state index >= 15 is 0 Å². The summed E-state index contributed by atoms with van der Waals surface area (Å²) >= 11 is 0. The summed E-state index contributed by atoms with van der Waals surface area (Å²) in [6.07, 6.45) is 1.68. The summed E-state index contributed by atoms with van der Waals surface area (Å²) in [4.78, 5) is 14.4. The number of aliphatic imine (C=N–C) groups is 1. The minimum atomic E-state index is -3.59. The number of carbonyl (C=O) groups is 1. The molecule has 0 bridgehead atoms. The molecule has 0 unspecified atom stereocenters. The van der Waals surface area contributed by atoms with Crippen LogP contribution in [-0.2, 0) is 14.8 Å². The summed E-state index contributed by atoms with van der Waals surface area (Å²) in [6, 6.07) is 6.41. The molecule has 1 aromatic carbocycles. The Morgan fingerprint density at radius 1 is 1.33 bits per heavy atom. The maximum Gasteiger partial charge on any atom is 0.267 e. The van der Waals surface area contributed by atoms with Gasteiger partial charge in [0.15, 0.2) is 0 Å². The fourth-order valence-electron chi connectivity index (χ4n) is 1.32. The molecule has 2 rings (SSSR count). The predicted molar refractivity (Wildman–Crippen MR) is 54.5 cm³/mol. The van der Waals surface area contributed by atoms with Gasteiger partial charge in [0.25, 0.3) is 10.0 Å². The Morgan fingerprint density at radius 3 is 2.80 bits per heavy atom. The summed E-state index contributed by atoms with van der Waals surface area (Å²) in [5, 5.41) is 0. The SMILES string of the molecule is O=CCN1C=Nc2ccccc2S1(=O)=O. The fraction of sp³-hybridized carbons (Fsp3) is 0.111. The lowest BCUT2D eigenvalue weighted by atomic mass is 10.3. The van der Waals surface area contributed by atoms with Crippen molar-refractivity contribution in [2.45, 2.75) is 4.90 Å². The minimum Gasteiger partial charge on any atom is -0.301 e. The van der Waals surface area contributed by atoms with Crippen LogP contribution in [0.15, 0.2) is 34.2 Å². The lowest BCUT2D eigenvalue weighted by Crippen LogP contribution is -2.33. The zero-order chi connectivity index (χ0) is 10.9. The number of aldehydes is 1. The Bertz CT molecular complexity index is 522. The number of carbonyl (C=O) groups excluding carboxylic acids is 1. The molecule has 1 aliphatic heterocycles. The van der Waals surface area contributed by atoms with Crippen molar-refractivity contribution in [1.29, 1.82) is 0 Å². The Labute approximate surface area is 87.1 Å². The highest BCUT2D eigenvalue weighted by Crippen LogP contribution is 2.29. The van der Waals surface area contributed by atoms with Gasteiger partial charge in [-0.1, -0.05) is 12.1 Å². The first-order chi connectivity index (χ1) is 7.16. The Balaban J connectivity index is 2.57. The van der Waals surface area contributed by atoms with E-state index in [4.69, 9.17) is 0 Å². The van der Waals surface area contributed by atoms with Crippen molar-refractivity contribution < 1.29 is 13.2 Å². The van der Waals surface area contributed by atoms with Crippen LogP contribution in [-0.4, -0.2) is 31.9 Å². The summed E-state index contributed by atoms with van der Waals surface area (Å²) in [7, 11) is -3.59. The van der Waals surface area contributed by atoms with Crippen LogP contribution in [0.25, 0.3) is 0 Å². The number of nitrogens with zero attached hydrogens (tertiary/aromatic N) is 2. The summed E-state index contributed by atoms with van der Waals surface area (Å²) in [5.74, 6) is 0. The second kappa shape index (κ2) is 3.47. The van der Waals surface area contributed by atoms with Crippen LogP contribution in [0, 0.1) is 0 Å². The lowest BCUT2D eigenvalue weighted by molar-refractivity contribution is -0.107. The van der Waals surface area contributed by atoms with Gasteiger partial charge < -0.3 is 4.79 Å². The van der Waals surface area contributed by atoms with Gasteiger partial charge in [0, 0.05) is 0 Å². The van der Waals surface area contributed by atoms with Gasteiger partial charge in [0.1, 0.15) is 17.5 Å². The molecule has 0 N–H and O–H groups in total. The van der Waals surface area contributed by atoms with Gasteiger partial charge in [-0.3, -0.25) is 0 Å². The van der Waals surface area contributed by atoms with Gasteiger partial charge in [0.2, 0.25) is 0 Å². The van der Waals surface area contributed by atoms with Crippen LogP contribution in [0.3, 0.4) is 0 Å². The predicted octanol–water partition coefficient (Wildman–Crippen LogP) is 0.550. The Hall–Kier alpha value is -1.69. The maximum atomic E-state index is 11.9. The van der Waals surface area contributed by atoms with Gasteiger partial charge >= 0.3 is 0 Å². The first-order valence-corrected chi connectivity index (χ1v) is 5.69. The molecular weight excluding hydrogens is 216 g/mol. The van der Waals surface area contributed by atoms with Gasteiger partial charge in [-0.05, 0) is 12.1 Å². The molecule has 0 radical (unpaired) electrons. The first-order valence-electron chi connectivity index (χ1n) is 4.25. The molecular formula is C9H8N2O3S. The Morgan fingerprint density at radius 2 is 2.07 bits per heavy atom. The van der Waals surface area contributed by atoms with Crippen molar-refractivity contribution in [3.8, 4) is 0 Å². The average Bonchev–Trinajstić information content (AvgIpc) is 2.23. The van der Waals surface area contributed by atoms with Crippen molar-refractivity contribution >= 4 is 28.3 Å². The van der Waals surface area contributed by atoms with E-state index in [2.05, 4.69) is 4.99 Å². The third-order valence-corrected chi connectivity index (χ3v) is 3.79. The van der Waals surface area contributed by atoms with Crippen LogP contribution in [0.5, 0.6) is 0 Å². The summed E-state index contributed by atoms with van der Waals surface area (Å²) in [5.41, 5.74) is 0.402. The quantitative estimate of drug-likeness (QED) is 0.689. The van der Waals surface area contributed by atoms with E-state index in [0.717, 1.165) is 10.6 Å². The van der Waals surface area contributed by atoms with Crippen molar-refractivity contribution in [2.75, 3.05) is 6.54 Å². The molecule has 6 heteroatoms. The van der Waals surface area contributed by atoms with Crippen molar-refractivity contribution in [1.82, 2.24) is 4.31 Å². The number of para-hydroxylation sites is 1. The zero-order valence-electron chi connectivity index (χ0n) is 7.70. The lowest BCUT2D eigenvalue weighted by Gasteiger charge is -2.21. The van der Waals surface area contributed by atoms with Crippen molar-refractivity contribution in [3.63, 3.8) is 0 Å². The molecule has 1 aliphatic rings. The molecule has 1 aromatic rings. The molecule has 0 aliphatic carbocycles. The molecule has 0 saturated heterocycles. The monoisotopic (exact) mass is 224 g/mol. The van der Waals surface area contributed by atoms with E-state index in [1.54, 1.807) is 18.2 Å². The fourth-order valence-corrected chi connectivity index (χ4v) is 2.63. The molecule has 78 valence electrons. The molecule has 0 atom stereocenters. The highest BCUT2D eigenvalue weighted by atomic mass is 32.2. The standard InChI is InChI=1S/C9H8N2O3S/c12-6-5-11-7-10-8-3-1-2-4-9(8)15(11,13)14/h1-4,6-7H,5H2. The molecule has 0 aromatic heterocycles. The van der Waals surface area contributed by atoms with E-state index in [1.807, 2.05) is 0 Å². The van der Waals surface area contributed by atoms with E-state index in [1.165, 1.54) is 6.07 Å². The van der Waals surface area contributed by atoms with E-state index in [0.29, 0.717) is 12.0 Å². The zero-order valence-corrected chi connectivity index (χ0v) is 8.52. The highest BCUT2D eigenvalue weighted by Gasteiger charge is 2.27. The van der Waals surface area contributed by atoms with Gasteiger partial charge in [-0.15, -0.1) is 0 Å². The maximum absolute atomic E-state index is 11.9. The third-order valence-electron chi connectivity index (χ3n) is 2.03. The summed E-state index contributed by atoms with van der Waals surface area (Å²) in [6.45, 7) is -0.208. The van der Waals surface area contributed by atoms with Crippen LogP contribution in [0.2, 0.25) is 0 Å². The van der Waals surface area contributed by atoms with Gasteiger partial charge in [0.05, 0.1) is 12.2 Å². The molecule has 5 nitrogen and oxygen atoms in total. The number of fused-ring (bicyclic) bond motifs is 1. The van der Waals surface area contributed by atoms with E-state index in [-0.39, 0.29) is 11.4 Å². The van der Waals surface area contributed by atoms with Crippen molar-refractivity contribution in [3.05, 3.63) is 24.3 Å². The van der Waals surface area contributed by atoms with Gasteiger partial charge in [-0.25, -0.2) is 17.7 Å². The number of hydrogen-bond donors (Lipinski definition) is 0. The van der Waals surface area contributed by atoms with Gasteiger partial charge in [-0.2, -0.15) is 0 Å².